The van der Waals surface area contributed by atoms with Crippen molar-refractivity contribution in [1.82, 2.24) is 0 Å². The highest BCUT2D eigenvalue weighted by molar-refractivity contribution is 9.10. The Labute approximate surface area is 196 Å². The van der Waals surface area contributed by atoms with Gasteiger partial charge in [-0.15, -0.1) is 0 Å². The van der Waals surface area contributed by atoms with Crippen LogP contribution in [0.5, 0.6) is 5.75 Å². The first-order valence-corrected chi connectivity index (χ1v) is 10.8. The monoisotopic (exact) mass is 544 g/mol. The Morgan fingerprint density at radius 1 is 1.07 bits per heavy atom. The molecule has 3 aromatic carbocycles. The lowest BCUT2D eigenvalue weighted by atomic mass is 10.1. The van der Waals surface area contributed by atoms with E-state index in [1.165, 1.54) is 6.08 Å². The van der Waals surface area contributed by atoms with Gasteiger partial charge in [-0.3, -0.25) is 4.79 Å². The van der Waals surface area contributed by atoms with Gasteiger partial charge in [-0.25, -0.2) is 0 Å². The molecule has 0 aliphatic carbocycles. The molecule has 0 aromatic heterocycles. The second-order valence-electron chi connectivity index (χ2n) is 6.20. The zero-order valence-corrected chi connectivity index (χ0v) is 19.5. The van der Waals surface area contributed by atoms with Crippen molar-refractivity contribution in [1.29, 1.82) is 5.26 Å². The van der Waals surface area contributed by atoms with Gasteiger partial charge >= 0.3 is 0 Å². The first-order valence-electron chi connectivity index (χ1n) is 8.81. The number of nitrogens with one attached hydrogen (secondary N) is 1. The van der Waals surface area contributed by atoms with Crippen LogP contribution in [0.15, 0.2) is 81.2 Å². The van der Waals surface area contributed by atoms with Crippen molar-refractivity contribution in [3.63, 3.8) is 0 Å². The number of hydrogen-bond donors (Lipinski definition) is 1. The summed E-state index contributed by atoms with van der Waals surface area (Å²) in [5.41, 5.74) is 1.97. The first kappa shape index (κ1) is 22.1. The number of nitrogens with zero attached hydrogens (tertiary/aromatic N) is 1. The van der Waals surface area contributed by atoms with Gasteiger partial charge in [0.05, 0.1) is 0 Å². The van der Waals surface area contributed by atoms with Gasteiger partial charge in [0.15, 0.2) is 0 Å². The quantitative estimate of drug-likeness (QED) is 0.268. The van der Waals surface area contributed by atoms with Gasteiger partial charge in [-0.2, -0.15) is 5.26 Å². The predicted molar refractivity (Wildman–Crippen MR) is 126 cm³/mol. The molecule has 0 unspecified atom stereocenters. The van der Waals surface area contributed by atoms with Crippen LogP contribution in [0, 0.1) is 11.3 Å². The average Bonchev–Trinajstić information content (AvgIpc) is 2.72. The molecule has 3 rings (SSSR count). The van der Waals surface area contributed by atoms with Crippen LogP contribution in [0.1, 0.15) is 11.1 Å². The SMILES string of the molecule is N#C/C(=C/c1cc(Br)ccc1OCc1ccccc1Cl)C(=O)Nc1cccc(Br)c1. The number of ether oxygens (including phenoxy) is 1. The molecule has 3 aromatic rings. The van der Waals surface area contributed by atoms with Crippen LogP contribution in [-0.2, 0) is 11.4 Å². The molecule has 1 amide bonds. The van der Waals surface area contributed by atoms with Crippen molar-refractivity contribution < 1.29 is 9.53 Å². The Kier molecular flexibility index (Phi) is 7.69. The van der Waals surface area contributed by atoms with Crippen molar-refractivity contribution in [3.05, 3.63) is 97.4 Å². The summed E-state index contributed by atoms with van der Waals surface area (Å²) in [4.78, 5) is 12.6. The summed E-state index contributed by atoms with van der Waals surface area (Å²) in [6, 6.07) is 21.9. The van der Waals surface area contributed by atoms with E-state index < -0.39 is 5.91 Å². The lowest BCUT2D eigenvalue weighted by molar-refractivity contribution is -0.112. The Hall–Kier alpha value is -2.59. The van der Waals surface area contributed by atoms with Gasteiger partial charge in [0.1, 0.15) is 24.0 Å². The Morgan fingerprint density at radius 2 is 1.83 bits per heavy atom. The lowest BCUT2D eigenvalue weighted by Crippen LogP contribution is -2.13. The molecule has 4 nitrogen and oxygen atoms in total. The fraction of sp³-hybridized carbons (Fsp3) is 0.0435. The van der Waals surface area contributed by atoms with E-state index in [9.17, 15) is 10.1 Å². The van der Waals surface area contributed by atoms with E-state index in [0.29, 0.717) is 22.0 Å². The predicted octanol–water partition coefficient (Wildman–Crippen LogP) is 6.99. The standard InChI is InChI=1S/C23H15Br2ClN2O2/c24-18-5-3-6-20(12-18)28-23(29)17(13-27)10-16-11-19(25)8-9-22(16)30-14-15-4-1-2-7-21(15)26/h1-12H,14H2,(H,28,29)/b17-10-. The molecule has 150 valence electrons. The van der Waals surface area contributed by atoms with E-state index in [4.69, 9.17) is 16.3 Å². The zero-order chi connectivity index (χ0) is 21.5. The Morgan fingerprint density at radius 3 is 2.57 bits per heavy atom. The molecule has 0 bridgehead atoms. The third-order valence-electron chi connectivity index (χ3n) is 4.06. The molecular formula is C23H15Br2ClN2O2. The number of nitriles is 1. The highest BCUT2D eigenvalue weighted by Gasteiger charge is 2.12. The maximum atomic E-state index is 12.6. The molecule has 0 spiro atoms. The summed E-state index contributed by atoms with van der Waals surface area (Å²) in [5.74, 6) is 0.0220. The van der Waals surface area contributed by atoms with Crippen LogP contribution >= 0.6 is 43.5 Å². The number of benzene rings is 3. The summed E-state index contributed by atoms with van der Waals surface area (Å²) >= 11 is 13.0. The van der Waals surface area contributed by atoms with Crippen molar-refractivity contribution in [2.24, 2.45) is 0 Å². The van der Waals surface area contributed by atoms with Crippen molar-refractivity contribution >= 4 is 61.1 Å². The maximum Gasteiger partial charge on any atom is 0.266 e. The van der Waals surface area contributed by atoms with E-state index in [1.54, 1.807) is 36.4 Å². The Balaban J connectivity index is 1.84. The topological polar surface area (TPSA) is 62.1 Å². The van der Waals surface area contributed by atoms with E-state index in [2.05, 4.69) is 37.2 Å². The molecule has 0 aliphatic rings. The third kappa shape index (κ3) is 5.96. The number of anilines is 1. The summed E-state index contributed by atoms with van der Waals surface area (Å²) in [6.45, 7) is 0.258. The van der Waals surface area contributed by atoms with Crippen molar-refractivity contribution in [2.45, 2.75) is 6.61 Å². The minimum atomic E-state index is -0.507. The maximum absolute atomic E-state index is 12.6. The van der Waals surface area contributed by atoms with Crippen LogP contribution in [0.3, 0.4) is 0 Å². The van der Waals surface area contributed by atoms with Crippen LogP contribution in [0.2, 0.25) is 5.02 Å². The molecule has 1 N–H and O–H groups in total. The summed E-state index contributed by atoms with van der Waals surface area (Å²) in [6.07, 6.45) is 1.50. The van der Waals surface area contributed by atoms with E-state index in [0.717, 1.165) is 14.5 Å². The number of carbonyl (C=O) groups is 1. The number of amides is 1. The second-order valence-corrected chi connectivity index (χ2v) is 8.44. The number of hydrogen-bond acceptors (Lipinski definition) is 3. The number of rotatable bonds is 6. The van der Waals surface area contributed by atoms with E-state index in [-0.39, 0.29) is 12.2 Å². The largest absolute Gasteiger partial charge is 0.488 e. The van der Waals surface area contributed by atoms with Gasteiger partial charge < -0.3 is 10.1 Å². The van der Waals surface area contributed by atoms with Gasteiger partial charge in [0.25, 0.3) is 5.91 Å². The summed E-state index contributed by atoms with van der Waals surface area (Å²) in [5, 5.41) is 12.9. The molecule has 30 heavy (non-hydrogen) atoms. The van der Waals surface area contributed by atoms with Crippen LogP contribution in [0.4, 0.5) is 5.69 Å². The molecule has 0 atom stereocenters. The molecular weight excluding hydrogens is 532 g/mol. The van der Waals surface area contributed by atoms with Gasteiger partial charge in [-0.05, 0) is 48.5 Å². The molecule has 0 aliphatic heterocycles. The van der Waals surface area contributed by atoms with Gasteiger partial charge in [0, 0.05) is 30.8 Å². The molecule has 0 saturated carbocycles. The number of halogens is 3. The summed E-state index contributed by atoms with van der Waals surface area (Å²) < 4.78 is 7.54. The highest BCUT2D eigenvalue weighted by atomic mass is 79.9. The smallest absolute Gasteiger partial charge is 0.266 e. The number of carbonyl (C=O) groups excluding carboxylic acids is 1. The van der Waals surface area contributed by atoms with Gasteiger partial charge in [-0.1, -0.05) is 67.7 Å². The van der Waals surface area contributed by atoms with Crippen molar-refractivity contribution in [3.8, 4) is 11.8 Å². The third-order valence-corrected chi connectivity index (χ3v) is 5.42. The minimum Gasteiger partial charge on any atom is -0.488 e. The van der Waals surface area contributed by atoms with Crippen LogP contribution < -0.4 is 10.1 Å². The normalized spacial score (nSPS) is 10.9. The lowest BCUT2D eigenvalue weighted by Gasteiger charge is -2.11. The van der Waals surface area contributed by atoms with E-state index >= 15 is 0 Å². The second kappa shape index (κ2) is 10.4. The minimum absolute atomic E-state index is 0.0457. The molecule has 0 fully saturated rings. The van der Waals surface area contributed by atoms with E-state index in [1.807, 2.05) is 36.4 Å². The average molecular weight is 547 g/mol. The first-order chi connectivity index (χ1) is 14.5. The van der Waals surface area contributed by atoms with Crippen molar-refractivity contribution in [2.75, 3.05) is 5.32 Å². The zero-order valence-electron chi connectivity index (χ0n) is 15.5. The molecule has 7 heteroatoms. The fourth-order valence-electron chi connectivity index (χ4n) is 2.60. The highest BCUT2D eigenvalue weighted by Crippen LogP contribution is 2.28. The Bertz CT molecular complexity index is 1160. The molecule has 0 radical (unpaired) electrons. The molecule has 0 saturated heterocycles. The summed E-state index contributed by atoms with van der Waals surface area (Å²) in [7, 11) is 0. The van der Waals surface area contributed by atoms with Gasteiger partial charge in [0.2, 0.25) is 0 Å². The van der Waals surface area contributed by atoms with Crippen LogP contribution in [-0.4, -0.2) is 5.91 Å². The fourth-order valence-corrected chi connectivity index (χ4v) is 3.57. The molecule has 0 heterocycles. The van der Waals surface area contributed by atoms with Crippen LogP contribution in [0.25, 0.3) is 6.08 Å².